The second-order valence-corrected chi connectivity index (χ2v) is 7.68. The molecule has 7 heteroatoms. The average molecular weight is 382 g/mol. The molecule has 3 heterocycles. The summed E-state index contributed by atoms with van der Waals surface area (Å²) in [5.41, 5.74) is 1.25. The summed E-state index contributed by atoms with van der Waals surface area (Å²) in [7, 11) is 0. The number of hydrogen-bond acceptors (Lipinski definition) is 5. The molecule has 0 unspecified atom stereocenters. The van der Waals surface area contributed by atoms with Crippen LogP contribution in [0.5, 0.6) is 0 Å². The van der Waals surface area contributed by atoms with E-state index in [0.717, 1.165) is 42.6 Å². The normalized spacial score (nSPS) is 15.0. The fourth-order valence-electron chi connectivity index (χ4n) is 3.35. The Bertz CT molecular complexity index is 854. The second-order valence-electron chi connectivity index (χ2n) is 6.75. The fraction of sp³-hybridized carbons (Fsp3) is 0.350. The van der Waals surface area contributed by atoms with Crippen molar-refractivity contribution in [2.45, 2.75) is 19.3 Å². The van der Waals surface area contributed by atoms with Crippen molar-refractivity contribution in [3.05, 3.63) is 60.4 Å². The first-order chi connectivity index (χ1) is 13.3. The van der Waals surface area contributed by atoms with Gasteiger partial charge in [-0.3, -0.25) is 9.36 Å². The van der Waals surface area contributed by atoms with E-state index in [1.807, 2.05) is 47.3 Å². The molecule has 27 heavy (non-hydrogen) atoms. The van der Waals surface area contributed by atoms with Crippen molar-refractivity contribution >= 4 is 22.4 Å². The van der Waals surface area contributed by atoms with Gasteiger partial charge in [0.2, 0.25) is 16.2 Å². The standard InChI is InChI=1S/C20H23N5OS/c26-18(21-11-8-16-6-2-1-3-7-16)17-9-14-25(15-10-17)20-23-22-19(27-20)24-12-4-5-13-24/h1-7,12-13,17H,8-11,14-15H2,(H,21,26). The number of benzene rings is 1. The topological polar surface area (TPSA) is 63.1 Å². The van der Waals surface area contributed by atoms with E-state index in [9.17, 15) is 4.79 Å². The molecule has 1 amide bonds. The van der Waals surface area contributed by atoms with Gasteiger partial charge in [-0.1, -0.05) is 41.7 Å². The quantitative estimate of drug-likeness (QED) is 0.713. The van der Waals surface area contributed by atoms with Crippen LogP contribution < -0.4 is 10.2 Å². The van der Waals surface area contributed by atoms with Crippen LogP contribution in [0.15, 0.2) is 54.9 Å². The van der Waals surface area contributed by atoms with Gasteiger partial charge in [0.15, 0.2) is 0 Å². The second kappa shape index (κ2) is 8.35. The number of piperidine rings is 1. The van der Waals surface area contributed by atoms with E-state index in [0.29, 0.717) is 6.54 Å². The summed E-state index contributed by atoms with van der Waals surface area (Å²) in [5, 5.41) is 13.5. The number of anilines is 1. The monoisotopic (exact) mass is 381 g/mol. The predicted octanol–water partition coefficient (Wildman–Crippen LogP) is 2.90. The van der Waals surface area contributed by atoms with Gasteiger partial charge in [-0.25, -0.2) is 0 Å². The minimum Gasteiger partial charge on any atom is -0.356 e. The molecule has 0 bridgehead atoms. The molecule has 1 N–H and O–H groups in total. The van der Waals surface area contributed by atoms with Crippen molar-refractivity contribution in [2.75, 3.05) is 24.5 Å². The van der Waals surface area contributed by atoms with E-state index in [1.54, 1.807) is 11.3 Å². The lowest BCUT2D eigenvalue weighted by molar-refractivity contribution is -0.125. The summed E-state index contributed by atoms with van der Waals surface area (Å²) in [6.45, 7) is 2.38. The van der Waals surface area contributed by atoms with Crippen molar-refractivity contribution < 1.29 is 4.79 Å². The van der Waals surface area contributed by atoms with Crippen LogP contribution in [-0.4, -0.2) is 40.3 Å². The van der Waals surface area contributed by atoms with E-state index in [2.05, 4.69) is 32.5 Å². The Hall–Kier alpha value is -2.67. The highest BCUT2D eigenvalue weighted by Crippen LogP contribution is 2.27. The summed E-state index contributed by atoms with van der Waals surface area (Å²) in [4.78, 5) is 14.7. The third-order valence-electron chi connectivity index (χ3n) is 4.92. The Morgan fingerprint density at radius 3 is 2.48 bits per heavy atom. The number of rotatable bonds is 6. The molecule has 0 radical (unpaired) electrons. The minimum atomic E-state index is 0.0915. The minimum absolute atomic E-state index is 0.0915. The highest BCUT2D eigenvalue weighted by molar-refractivity contribution is 7.17. The van der Waals surface area contributed by atoms with E-state index < -0.39 is 0 Å². The van der Waals surface area contributed by atoms with Gasteiger partial charge in [-0.15, -0.1) is 10.2 Å². The summed E-state index contributed by atoms with van der Waals surface area (Å²) in [6.07, 6.45) is 6.52. The molecule has 0 atom stereocenters. The third kappa shape index (κ3) is 4.36. The summed E-state index contributed by atoms with van der Waals surface area (Å²) in [6, 6.07) is 14.2. The van der Waals surface area contributed by atoms with Crippen molar-refractivity contribution in [3.8, 4) is 5.13 Å². The van der Waals surface area contributed by atoms with Crippen LogP contribution in [0.1, 0.15) is 18.4 Å². The number of amides is 1. The molecule has 4 rings (SSSR count). The maximum atomic E-state index is 12.4. The number of aromatic nitrogens is 3. The third-order valence-corrected chi connectivity index (χ3v) is 5.92. The van der Waals surface area contributed by atoms with Gasteiger partial charge in [-0.2, -0.15) is 0 Å². The molecule has 6 nitrogen and oxygen atoms in total. The predicted molar refractivity (Wildman–Crippen MR) is 107 cm³/mol. The van der Waals surface area contributed by atoms with Crippen molar-refractivity contribution in [3.63, 3.8) is 0 Å². The molecule has 0 aliphatic carbocycles. The lowest BCUT2D eigenvalue weighted by Gasteiger charge is -2.30. The molecular formula is C20H23N5OS. The lowest BCUT2D eigenvalue weighted by atomic mass is 9.96. The largest absolute Gasteiger partial charge is 0.356 e. The molecule has 3 aromatic rings. The maximum absolute atomic E-state index is 12.4. The number of nitrogens with one attached hydrogen (secondary N) is 1. The Labute approximate surface area is 162 Å². The van der Waals surface area contributed by atoms with Crippen LogP contribution in [-0.2, 0) is 11.2 Å². The Morgan fingerprint density at radius 2 is 1.74 bits per heavy atom. The first kappa shape index (κ1) is 17.7. The molecule has 0 spiro atoms. The van der Waals surface area contributed by atoms with Gasteiger partial charge in [-0.05, 0) is 37.0 Å². The SMILES string of the molecule is O=C(NCCc1ccccc1)C1CCN(c2nnc(-n3cccc3)s2)CC1. The first-order valence-corrected chi connectivity index (χ1v) is 10.1. The van der Waals surface area contributed by atoms with Crippen LogP contribution in [0.2, 0.25) is 0 Å². The summed E-state index contributed by atoms with van der Waals surface area (Å²) < 4.78 is 1.97. The van der Waals surface area contributed by atoms with E-state index in [1.165, 1.54) is 5.56 Å². The summed E-state index contributed by atoms with van der Waals surface area (Å²) in [5.74, 6) is 0.268. The van der Waals surface area contributed by atoms with E-state index in [-0.39, 0.29) is 11.8 Å². The summed E-state index contributed by atoms with van der Waals surface area (Å²) >= 11 is 1.58. The van der Waals surface area contributed by atoms with Crippen molar-refractivity contribution in [2.24, 2.45) is 5.92 Å². The van der Waals surface area contributed by atoms with Crippen molar-refractivity contribution in [1.82, 2.24) is 20.1 Å². The number of carbonyl (C=O) groups excluding carboxylic acids is 1. The smallest absolute Gasteiger partial charge is 0.223 e. The molecule has 2 aromatic heterocycles. The Morgan fingerprint density at radius 1 is 1.04 bits per heavy atom. The number of carbonyl (C=O) groups is 1. The zero-order valence-electron chi connectivity index (χ0n) is 15.1. The number of hydrogen-bond donors (Lipinski definition) is 1. The van der Waals surface area contributed by atoms with Crippen LogP contribution in [0, 0.1) is 5.92 Å². The van der Waals surface area contributed by atoms with Crippen LogP contribution in [0.25, 0.3) is 5.13 Å². The van der Waals surface area contributed by atoms with Gasteiger partial charge in [0.05, 0.1) is 0 Å². The molecule has 1 aliphatic rings. The van der Waals surface area contributed by atoms with Gasteiger partial charge < -0.3 is 10.2 Å². The highest BCUT2D eigenvalue weighted by atomic mass is 32.1. The van der Waals surface area contributed by atoms with Gasteiger partial charge in [0.1, 0.15) is 0 Å². The van der Waals surface area contributed by atoms with E-state index >= 15 is 0 Å². The van der Waals surface area contributed by atoms with Crippen LogP contribution in [0.4, 0.5) is 5.13 Å². The van der Waals surface area contributed by atoms with Crippen LogP contribution in [0.3, 0.4) is 0 Å². The Balaban J connectivity index is 1.24. The molecule has 140 valence electrons. The molecule has 1 aliphatic heterocycles. The number of nitrogens with zero attached hydrogens (tertiary/aromatic N) is 4. The van der Waals surface area contributed by atoms with Gasteiger partial charge in [0, 0.05) is 37.9 Å². The maximum Gasteiger partial charge on any atom is 0.223 e. The first-order valence-electron chi connectivity index (χ1n) is 9.33. The zero-order valence-corrected chi connectivity index (χ0v) is 15.9. The fourth-order valence-corrected chi connectivity index (χ4v) is 4.22. The van der Waals surface area contributed by atoms with Crippen LogP contribution >= 0.6 is 11.3 Å². The molecule has 1 saturated heterocycles. The van der Waals surface area contributed by atoms with Gasteiger partial charge in [0.25, 0.3) is 0 Å². The molecule has 0 saturated carbocycles. The van der Waals surface area contributed by atoms with E-state index in [4.69, 9.17) is 0 Å². The zero-order chi connectivity index (χ0) is 18.5. The molecule has 1 aromatic carbocycles. The lowest BCUT2D eigenvalue weighted by Crippen LogP contribution is -2.41. The average Bonchev–Trinajstić information content (AvgIpc) is 3.41. The van der Waals surface area contributed by atoms with Crippen molar-refractivity contribution in [1.29, 1.82) is 0 Å². The highest BCUT2D eigenvalue weighted by Gasteiger charge is 2.26. The van der Waals surface area contributed by atoms with Gasteiger partial charge >= 0.3 is 0 Å². The molecule has 1 fully saturated rings. The molecular weight excluding hydrogens is 358 g/mol. The Kier molecular flexibility index (Phi) is 5.48.